The largest absolute Gasteiger partial charge is 0.369 e. The van der Waals surface area contributed by atoms with Crippen LogP contribution in [0.5, 0.6) is 0 Å². The first-order valence-electron chi connectivity index (χ1n) is 12.8. The zero-order valence-electron chi connectivity index (χ0n) is 20.9. The van der Waals surface area contributed by atoms with Gasteiger partial charge in [0.2, 0.25) is 0 Å². The fourth-order valence-electron chi connectivity index (χ4n) is 4.84. The highest BCUT2D eigenvalue weighted by molar-refractivity contribution is 6.07. The number of nitrogens with one attached hydrogen (secondary N) is 1. The summed E-state index contributed by atoms with van der Waals surface area (Å²) < 4.78 is 0. The Morgan fingerprint density at radius 2 is 1.81 bits per heavy atom. The molecule has 1 N–H and O–H groups in total. The first-order chi connectivity index (χ1) is 17.7. The van der Waals surface area contributed by atoms with Crippen molar-refractivity contribution in [1.29, 1.82) is 0 Å². The Labute approximate surface area is 213 Å². The van der Waals surface area contributed by atoms with Crippen LogP contribution >= 0.6 is 0 Å². The molecule has 1 amide bonds. The second kappa shape index (κ2) is 11.3. The number of fused-ring (bicyclic) bond motifs is 1. The van der Waals surface area contributed by atoms with E-state index >= 15 is 0 Å². The number of unbranched alkanes of at least 4 members (excludes halogenated alkanes) is 1. The van der Waals surface area contributed by atoms with Crippen molar-refractivity contribution in [3.63, 3.8) is 0 Å². The second-order valence-corrected chi connectivity index (χ2v) is 9.44. The molecular weight excluding hydrogens is 446 g/mol. The van der Waals surface area contributed by atoms with Crippen LogP contribution in [-0.2, 0) is 0 Å². The van der Waals surface area contributed by atoms with Crippen LogP contribution in [0.1, 0.15) is 28.8 Å². The quantitative estimate of drug-likeness (QED) is 0.363. The number of para-hydroxylation sites is 1. The summed E-state index contributed by atoms with van der Waals surface area (Å²) in [6.45, 7) is 8.18. The molecule has 6 heteroatoms. The molecule has 0 bridgehead atoms. The highest BCUT2D eigenvalue weighted by Gasteiger charge is 2.17. The number of pyridine rings is 2. The number of piperazine rings is 1. The lowest BCUT2D eigenvalue weighted by Gasteiger charge is -2.36. The van der Waals surface area contributed by atoms with E-state index in [1.54, 1.807) is 12.4 Å². The number of amides is 1. The summed E-state index contributed by atoms with van der Waals surface area (Å²) in [5.74, 6) is -0.0505. The normalized spacial score (nSPS) is 14.2. The average Bonchev–Trinajstić information content (AvgIpc) is 2.93. The van der Waals surface area contributed by atoms with Gasteiger partial charge in [-0.15, -0.1) is 0 Å². The number of rotatable bonds is 8. The standard InChI is InChI=1S/C30H33N5O/c1-23-8-6-10-25(20-23)35-18-16-34(17-19-35)15-5-4-14-32-30(36)27-21-29(24-9-7-13-31-22-24)33-28-12-3-2-11-26(27)28/h2-3,6-13,20-22H,4-5,14-19H2,1H3,(H,32,36). The first kappa shape index (κ1) is 23.9. The van der Waals surface area contributed by atoms with Crippen LogP contribution in [0, 0.1) is 6.92 Å². The predicted molar refractivity (Wildman–Crippen MR) is 146 cm³/mol. The Bertz CT molecular complexity index is 1320. The van der Waals surface area contributed by atoms with Crippen LogP contribution in [0.3, 0.4) is 0 Å². The summed E-state index contributed by atoms with van der Waals surface area (Å²) in [6.07, 6.45) is 5.55. The van der Waals surface area contributed by atoms with Gasteiger partial charge >= 0.3 is 0 Å². The Morgan fingerprint density at radius 1 is 0.944 bits per heavy atom. The molecule has 2 aromatic carbocycles. The molecule has 0 saturated carbocycles. The second-order valence-electron chi connectivity index (χ2n) is 9.44. The van der Waals surface area contributed by atoms with Crippen molar-refractivity contribution in [1.82, 2.24) is 20.2 Å². The van der Waals surface area contributed by atoms with Gasteiger partial charge in [0.15, 0.2) is 0 Å². The molecule has 1 saturated heterocycles. The maximum atomic E-state index is 13.1. The molecule has 0 spiro atoms. The van der Waals surface area contributed by atoms with Gasteiger partial charge in [-0.05, 0) is 68.3 Å². The van der Waals surface area contributed by atoms with Crippen LogP contribution < -0.4 is 10.2 Å². The molecule has 0 radical (unpaired) electrons. The van der Waals surface area contributed by atoms with Crippen molar-refractivity contribution >= 4 is 22.5 Å². The van der Waals surface area contributed by atoms with E-state index in [0.717, 1.165) is 67.7 Å². The number of benzene rings is 2. The van der Waals surface area contributed by atoms with Gasteiger partial charge in [0, 0.05) is 61.8 Å². The zero-order valence-corrected chi connectivity index (χ0v) is 20.9. The van der Waals surface area contributed by atoms with E-state index in [9.17, 15) is 4.79 Å². The molecule has 36 heavy (non-hydrogen) atoms. The lowest BCUT2D eigenvalue weighted by molar-refractivity contribution is 0.0954. The fourth-order valence-corrected chi connectivity index (χ4v) is 4.84. The Kier molecular flexibility index (Phi) is 7.52. The lowest BCUT2D eigenvalue weighted by Crippen LogP contribution is -2.46. The highest BCUT2D eigenvalue weighted by atomic mass is 16.1. The van der Waals surface area contributed by atoms with Gasteiger partial charge in [-0.1, -0.05) is 30.3 Å². The van der Waals surface area contributed by atoms with Crippen LogP contribution in [-0.4, -0.2) is 60.0 Å². The van der Waals surface area contributed by atoms with Gasteiger partial charge < -0.3 is 10.2 Å². The van der Waals surface area contributed by atoms with E-state index in [-0.39, 0.29) is 5.91 Å². The minimum absolute atomic E-state index is 0.0505. The predicted octanol–water partition coefficient (Wildman–Crippen LogP) is 4.94. The van der Waals surface area contributed by atoms with E-state index in [2.05, 4.69) is 51.3 Å². The summed E-state index contributed by atoms with van der Waals surface area (Å²) in [7, 11) is 0. The monoisotopic (exact) mass is 479 g/mol. The van der Waals surface area contributed by atoms with Gasteiger partial charge in [-0.25, -0.2) is 4.98 Å². The molecule has 6 nitrogen and oxygen atoms in total. The van der Waals surface area contributed by atoms with Crippen molar-refractivity contribution in [3.05, 3.63) is 90.3 Å². The molecule has 0 aliphatic carbocycles. The van der Waals surface area contributed by atoms with E-state index in [0.29, 0.717) is 12.1 Å². The molecule has 1 aliphatic rings. The molecule has 0 unspecified atom stereocenters. The van der Waals surface area contributed by atoms with E-state index < -0.39 is 0 Å². The number of carbonyl (C=O) groups excluding carboxylic acids is 1. The topological polar surface area (TPSA) is 61.4 Å². The van der Waals surface area contributed by atoms with Crippen LogP contribution in [0.15, 0.2) is 79.1 Å². The number of nitrogens with zero attached hydrogens (tertiary/aromatic N) is 4. The van der Waals surface area contributed by atoms with Crippen molar-refractivity contribution < 1.29 is 4.79 Å². The summed E-state index contributed by atoms with van der Waals surface area (Å²) in [5.41, 5.74) is 5.77. The van der Waals surface area contributed by atoms with Crippen LogP contribution in [0.25, 0.3) is 22.2 Å². The third-order valence-electron chi connectivity index (χ3n) is 6.84. The molecule has 2 aromatic heterocycles. The van der Waals surface area contributed by atoms with E-state index in [1.807, 2.05) is 42.5 Å². The number of hydrogen-bond acceptors (Lipinski definition) is 5. The van der Waals surface area contributed by atoms with Gasteiger partial charge in [-0.2, -0.15) is 0 Å². The van der Waals surface area contributed by atoms with Gasteiger partial charge in [0.25, 0.3) is 5.91 Å². The first-order valence-corrected chi connectivity index (χ1v) is 12.8. The van der Waals surface area contributed by atoms with Crippen LogP contribution in [0.4, 0.5) is 5.69 Å². The molecular formula is C30H33N5O. The average molecular weight is 480 g/mol. The summed E-state index contributed by atoms with van der Waals surface area (Å²) >= 11 is 0. The van der Waals surface area contributed by atoms with Gasteiger partial charge in [-0.3, -0.25) is 14.7 Å². The molecule has 4 aromatic rings. The van der Waals surface area contributed by atoms with Gasteiger partial charge in [0.1, 0.15) is 0 Å². The molecule has 3 heterocycles. The number of hydrogen-bond donors (Lipinski definition) is 1. The molecule has 0 atom stereocenters. The van der Waals surface area contributed by atoms with Crippen LogP contribution in [0.2, 0.25) is 0 Å². The Morgan fingerprint density at radius 3 is 2.61 bits per heavy atom. The van der Waals surface area contributed by atoms with Gasteiger partial charge in [0.05, 0.1) is 16.8 Å². The Balaban J connectivity index is 1.12. The SMILES string of the molecule is Cc1cccc(N2CCN(CCCCNC(=O)c3cc(-c4cccnc4)nc4ccccc34)CC2)c1. The molecule has 1 aliphatic heterocycles. The number of anilines is 1. The smallest absolute Gasteiger partial charge is 0.252 e. The van der Waals surface area contributed by atoms with E-state index in [4.69, 9.17) is 4.98 Å². The third-order valence-corrected chi connectivity index (χ3v) is 6.84. The molecule has 1 fully saturated rings. The minimum Gasteiger partial charge on any atom is -0.369 e. The fraction of sp³-hybridized carbons (Fsp3) is 0.300. The third kappa shape index (κ3) is 5.71. The number of aryl methyl sites for hydroxylation is 1. The highest BCUT2D eigenvalue weighted by Crippen LogP contribution is 2.24. The molecule has 184 valence electrons. The summed E-state index contributed by atoms with van der Waals surface area (Å²) in [4.78, 5) is 27.1. The van der Waals surface area contributed by atoms with Crippen molar-refractivity contribution in [2.75, 3.05) is 44.2 Å². The summed E-state index contributed by atoms with van der Waals surface area (Å²) in [5, 5.41) is 4.00. The van der Waals surface area contributed by atoms with E-state index in [1.165, 1.54) is 11.3 Å². The van der Waals surface area contributed by atoms with Crippen molar-refractivity contribution in [3.8, 4) is 11.3 Å². The zero-order chi connectivity index (χ0) is 24.7. The van der Waals surface area contributed by atoms with Crippen molar-refractivity contribution in [2.24, 2.45) is 0 Å². The number of carbonyl (C=O) groups is 1. The number of aromatic nitrogens is 2. The molecule has 5 rings (SSSR count). The Hall–Kier alpha value is -3.77. The minimum atomic E-state index is -0.0505. The van der Waals surface area contributed by atoms with Crippen molar-refractivity contribution in [2.45, 2.75) is 19.8 Å². The lowest BCUT2D eigenvalue weighted by atomic mass is 10.0. The summed E-state index contributed by atoms with van der Waals surface area (Å²) in [6, 6.07) is 22.3. The maximum Gasteiger partial charge on any atom is 0.252 e. The maximum absolute atomic E-state index is 13.1.